The maximum absolute atomic E-state index is 11.8. The van der Waals surface area contributed by atoms with Gasteiger partial charge in [-0.1, -0.05) is 32.9 Å². The number of anilines is 1. The number of benzene rings is 1. The molecule has 0 heterocycles. The zero-order chi connectivity index (χ0) is 14.3. The number of para-hydroxylation sites is 1. The average molecular weight is 271 g/mol. The first-order chi connectivity index (χ1) is 8.40. The summed E-state index contributed by atoms with van der Waals surface area (Å²) in [6, 6.07) is 6.51. The molecule has 102 valence electrons. The fourth-order valence-electron chi connectivity index (χ4n) is 1.32. The molecule has 0 aliphatic carbocycles. The average Bonchev–Trinajstić information content (AvgIpc) is 2.40. The summed E-state index contributed by atoms with van der Waals surface area (Å²) in [5, 5.41) is 0. The molecule has 0 unspecified atom stereocenters. The molecule has 18 heavy (non-hydrogen) atoms. The topological polar surface area (TPSA) is 54.5 Å². The van der Waals surface area contributed by atoms with Crippen molar-refractivity contribution in [1.82, 2.24) is 0 Å². The second-order valence-electron chi connectivity index (χ2n) is 3.45. The van der Waals surface area contributed by atoms with Crippen LogP contribution in [0.1, 0.15) is 27.7 Å². The van der Waals surface area contributed by atoms with E-state index in [4.69, 9.17) is 0 Å². The molecule has 5 heteroatoms. The van der Waals surface area contributed by atoms with E-state index in [1.165, 1.54) is 17.9 Å². The predicted octanol–water partition coefficient (Wildman–Crippen LogP) is 2.49. The number of carbonyl (C=O) groups is 1. The van der Waals surface area contributed by atoms with Crippen LogP contribution in [0.3, 0.4) is 0 Å². The molecule has 4 nitrogen and oxygen atoms in total. The number of hydrogen-bond donors (Lipinski definition) is 0. The van der Waals surface area contributed by atoms with E-state index < -0.39 is 9.84 Å². The van der Waals surface area contributed by atoms with Gasteiger partial charge in [0.2, 0.25) is 5.91 Å². The fourth-order valence-corrected chi connectivity index (χ4v) is 2.44. The van der Waals surface area contributed by atoms with Crippen LogP contribution in [0.2, 0.25) is 0 Å². The van der Waals surface area contributed by atoms with Gasteiger partial charge in [-0.25, -0.2) is 8.42 Å². The van der Waals surface area contributed by atoms with Crippen LogP contribution in [-0.2, 0) is 14.6 Å². The molecular weight excluding hydrogens is 250 g/mol. The van der Waals surface area contributed by atoms with Crippen LogP contribution < -0.4 is 4.90 Å². The Kier molecular flexibility index (Phi) is 6.62. The van der Waals surface area contributed by atoms with Crippen molar-refractivity contribution >= 4 is 21.4 Å². The highest BCUT2D eigenvalue weighted by atomic mass is 32.2. The summed E-state index contributed by atoms with van der Waals surface area (Å²) >= 11 is 0. The normalized spacial score (nSPS) is 10.3. The molecule has 0 spiro atoms. The van der Waals surface area contributed by atoms with Crippen LogP contribution in [0.25, 0.3) is 0 Å². The van der Waals surface area contributed by atoms with Gasteiger partial charge in [-0.15, -0.1) is 0 Å². The first kappa shape index (κ1) is 16.6. The molecule has 1 rings (SSSR count). The quantitative estimate of drug-likeness (QED) is 0.848. The summed E-state index contributed by atoms with van der Waals surface area (Å²) in [5.41, 5.74) is 0.428. The summed E-state index contributed by atoms with van der Waals surface area (Å²) < 4.78 is 23.6. The first-order valence-corrected chi connectivity index (χ1v) is 7.61. The van der Waals surface area contributed by atoms with Gasteiger partial charge in [0.25, 0.3) is 0 Å². The van der Waals surface area contributed by atoms with E-state index in [1.807, 2.05) is 13.8 Å². The Morgan fingerprint density at radius 3 is 2.17 bits per heavy atom. The van der Waals surface area contributed by atoms with Gasteiger partial charge in [0.15, 0.2) is 9.84 Å². The van der Waals surface area contributed by atoms with E-state index in [1.54, 1.807) is 32.2 Å². The minimum absolute atomic E-state index is 0.0236. The van der Waals surface area contributed by atoms with Crippen molar-refractivity contribution in [3.8, 4) is 0 Å². The zero-order valence-electron chi connectivity index (χ0n) is 11.6. The smallest absolute Gasteiger partial charge is 0.223 e. The van der Waals surface area contributed by atoms with Crippen LogP contribution in [0, 0.1) is 0 Å². The molecule has 0 radical (unpaired) electrons. The van der Waals surface area contributed by atoms with Gasteiger partial charge in [0, 0.05) is 14.0 Å². The lowest BCUT2D eigenvalue weighted by Crippen LogP contribution is -2.25. The second kappa shape index (κ2) is 7.16. The van der Waals surface area contributed by atoms with Gasteiger partial charge in [-0.05, 0) is 12.1 Å². The van der Waals surface area contributed by atoms with Crippen LogP contribution in [0.15, 0.2) is 29.2 Å². The van der Waals surface area contributed by atoms with E-state index >= 15 is 0 Å². The molecule has 0 aliphatic rings. The van der Waals surface area contributed by atoms with Crippen molar-refractivity contribution in [2.45, 2.75) is 32.6 Å². The van der Waals surface area contributed by atoms with Gasteiger partial charge in [-0.2, -0.15) is 0 Å². The van der Waals surface area contributed by atoms with E-state index in [-0.39, 0.29) is 16.6 Å². The molecule has 0 saturated carbocycles. The van der Waals surface area contributed by atoms with Gasteiger partial charge in [0.1, 0.15) is 0 Å². The molecule has 0 bridgehead atoms. The monoisotopic (exact) mass is 271 g/mol. The molecule has 1 amide bonds. The van der Waals surface area contributed by atoms with E-state index in [0.717, 1.165) is 0 Å². The fraction of sp³-hybridized carbons (Fsp3) is 0.462. The highest BCUT2D eigenvalue weighted by molar-refractivity contribution is 7.91. The molecule has 1 aromatic carbocycles. The predicted molar refractivity (Wildman–Crippen MR) is 74.6 cm³/mol. The summed E-state index contributed by atoms with van der Waals surface area (Å²) in [5.74, 6) is -0.172. The third-order valence-electron chi connectivity index (χ3n) is 2.41. The largest absolute Gasteiger partial charge is 0.314 e. The molecule has 0 aliphatic heterocycles. The van der Waals surface area contributed by atoms with Crippen molar-refractivity contribution in [2.75, 3.05) is 17.7 Å². The first-order valence-electron chi connectivity index (χ1n) is 5.96. The Hall–Kier alpha value is -1.36. The van der Waals surface area contributed by atoms with Crippen molar-refractivity contribution in [3.05, 3.63) is 24.3 Å². The van der Waals surface area contributed by atoms with E-state index in [2.05, 4.69) is 0 Å². The number of nitrogens with zero attached hydrogens (tertiary/aromatic N) is 1. The standard InChI is InChI=1S/C11H15NO3S.C2H6/c1-4-16(14,15)11-8-6-5-7-10(11)12(3)9(2)13;1-2/h5-8H,4H2,1-3H3;1-2H3. The van der Waals surface area contributed by atoms with Gasteiger partial charge in [-0.3, -0.25) is 4.79 Å². The summed E-state index contributed by atoms with van der Waals surface area (Å²) in [7, 11) is -1.74. The summed E-state index contributed by atoms with van der Waals surface area (Å²) in [4.78, 5) is 12.8. The van der Waals surface area contributed by atoms with Gasteiger partial charge >= 0.3 is 0 Å². The molecule has 0 fully saturated rings. The summed E-state index contributed by atoms with van der Waals surface area (Å²) in [6.45, 7) is 6.98. The number of amides is 1. The Balaban J connectivity index is 0.00000137. The van der Waals surface area contributed by atoms with Crippen molar-refractivity contribution in [3.63, 3.8) is 0 Å². The highest BCUT2D eigenvalue weighted by Gasteiger charge is 2.19. The lowest BCUT2D eigenvalue weighted by molar-refractivity contribution is -0.116. The van der Waals surface area contributed by atoms with Crippen LogP contribution in [-0.4, -0.2) is 27.1 Å². The molecule has 0 N–H and O–H groups in total. The second-order valence-corrected chi connectivity index (χ2v) is 5.70. The number of rotatable bonds is 3. The Bertz CT molecular complexity index is 495. The van der Waals surface area contributed by atoms with Crippen molar-refractivity contribution < 1.29 is 13.2 Å². The van der Waals surface area contributed by atoms with Crippen LogP contribution >= 0.6 is 0 Å². The van der Waals surface area contributed by atoms with E-state index in [9.17, 15) is 13.2 Å². The molecular formula is C13H21NO3S. The third-order valence-corrected chi connectivity index (χ3v) is 4.19. The van der Waals surface area contributed by atoms with Gasteiger partial charge in [0.05, 0.1) is 16.3 Å². The van der Waals surface area contributed by atoms with Gasteiger partial charge < -0.3 is 4.90 Å². The van der Waals surface area contributed by atoms with Crippen molar-refractivity contribution in [1.29, 1.82) is 0 Å². The van der Waals surface area contributed by atoms with Crippen LogP contribution in [0.4, 0.5) is 5.69 Å². The Labute approximate surface area is 110 Å². The van der Waals surface area contributed by atoms with E-state index in [0.29, 0.717) is 5.69 Å². The Morgan fingerprint density at radius 2 is 1.72 bits per heavy atom. The molecule has 0 aromatic heterocycles. The molecule has 0 atom stereocenters. The number of sulfone groups is 1. The molecule has 0 saturated heterocycles. The maximum atomic E-state index is 11.8. The SMILES string of the molecule is CC.CCS(=O)(=O)c1ccccc1N(C)C(C)=O. The minimum atomic E-state index is -3.30. The van der Waals surface area contributed by atoms with Crippen LogP contribution in [0.5, 0.6) is 0 Å². The van der Waals surface area contributed by atoms with Crippen molar-refractivity contribution in [2.24, 2.45) is 0 Å². The number of carbonyl (C=O) groups excluding carboxylic acids is 1. The zero-order valence-corrected chi connectivity index (χ0v) is 12.4. The number of hydrogen-bond acceptors (Lipinski definition) is 3. The molecule has 1 aromatic rings. The summed E-state index contributed by atoms with van der Waals surface area (Å²) in [6.07, 6.45) is 0. The maximum Gasteiger partial charge on any atom is 0.223 e. The lowest BCUT2D eigenvalue weighted by Gasteiger charge is -2.18. The highest BCUT2D eigenvalue weighted by Crippen LogP contribution is 2.24. The minimum Gasteiger partial charge on any atom is -0.314 e. The third kappa shape index (κ3) is 3.84. The lowest BCUT2D eigenvalue weighted by atomic mass is 10.3. The Morgan fingerprint density at radius 1 is 1.22 bits per heavy atom.